The molecule has 1 aliphatic heterocycles. The van der Waals surface area contributed by atoms with Gasteiger partial charge >= 0.3 is 12.1 Å². The molecule has 0 aliphatic carbocycles. The standard InChI is InChI=1S/C9H14F3NO/c1-2-7-5-3-4-6-13(7)8(14)9(10,11)12/h7H,2-6H2,1H3. The van der Waals surface area contributed by atoms with Crippen molar-refractivity contribution in [2.45, 2.75) is 44.8 Å². The van der Waals surface area contributed by atoms with Crippen LogP contribution in [0.4, 0.5) is 13.2 Å². The fourth-order valence-electron chi connectivity index (χ4n) is 1.86. The Morgan fingerprint density at radius 3 is 2.57 bits per heavy atom. The summed E-state index contributed by atoms with van der Waals surface area (Å²) in [5.74, 6) is -1.68. The SMILES string of the molecule is CCC1CCCCN1C(=O)C(F)(F)F. The van der Waals surface area contributed by atoms with E-state index in [2.05, 4.69) is 0 Å². The van der Waals surface area contributed by atoms with E-state index in [1.54, 1.807) is 0 Å². The van der Waals surface area contributed by atoms with Crippen LogP contribution in [-0.4, -0.2) is 29.6 Å². The summed E-state index contributed by atoms with van der Waals surface area (Å²) in [5.41, 5.74) is 0. The third-order valence-electron chi connectivity index (χ3n) is 2.60. The Morgan fingerprint density at radius 1 is 1.43 bits per heavy atom. The molecule has 82 valence electrons. The van der Waals surface area contributed by atoms with E-state index >= 15 is 0 Å². The predicted octanol–water partition coefficient (Wildman–Crippen LogP) is 2.34. The van der Waals surface area contributed by atoms with Crippen molar-refractivity contribution < 1.29 is 18.0 Å². The van der Waals surface area contributed by atoms with Gasteiger partial charge in [0, 0.05) is 12.6 Å². The van der Waals surface area contributed by atoms with Crippen molar-refractivity contribution in [3.05, 3.63) is 0 Å². The Balaban J connectivity index is 2.69. The van der Waals surface area contributed by atoms with Crippen molar-refractivity contribution in [2.75, 3.05) is 6.54 Å². The van der Waals surface area contributed by atoms with Gasteiger partial charge in [-0.05, 0) is 25.7 Å². The van der Waals surface area contributed by atoms with Gasteiger partial charge in [0.15, 0.2) is 0 Å². The third kappa shape index (κ3) is 2.39. The number of hydrogen-bond acceptors (Lipinski definition) is 1. The molecule has 0 aromatic rings. The average Bonchev–Trinajstić information content (AvgIpc) is 2.15. The zero-order valence-corrected chi connectivity index (χ0v) is 8.10. The zero-order valence-electron chi connectivity index (χ0n) is 8.10. The number of rotatable bonds is 1. The Labute approximate surface area is 81.1 Å². The second-order valence-electron chi connectivity index (χ2n) is 3.55. The lowest BCUT2D eigenvalue weighted by molar-refractivity contribution is -0.189. The smallest absolute Gasteiger partial charge is 0.332 e. The average molecular weight is 209 g/mol. The van der Waals surface area contributed by atoms with Gasteiger partial charge in [0.05, 0.1) is 0 Å². The molecule has 2 nitrogen and oxygen atoms in total. The first-order valence-corrected chi connectivity index (χ1v) is 4.84. The minimum absolute atomic E-state index is 0.224. The van der Waals surface area contributed by atoms with Crippen molar-refractivity contribution in [3.63, 3.8) is 0 Å². The lowest BCUT2D eigenvalue weighted by Crippen LogP contribution is -2.49. The molecule has 0 saturated carbocycles. The number of piperidine rings is 1. The molecule has 1 atom stereocenters. The molecule has 1 unspecified atom stereocenters. The molecular weight excluding hydrogens is 195 g/mol. The van der Waals surface area contributed by atoms with E-state index in [-0.39, 0.29) is 12.6 Å². The van der Waals surface area contributed by atoms with Crippen LogP contribution in [0.1, 0.15) is 32.6 Å². The van der Waals surface area contributed by atoms with Gasteiger partial charge in [-0.1, -0.05) is 6.92 Å². The number of carbonyl (C=O) groups is 1. The van der Waals surface area contributed by atoms with Crippen LogP contribution in [0.3, 0.4) is 0 Å². The summed E-state index contributed by atoms with van der Waals surface area (Å²) in [6, 6.07) is -0.224. The fraction of sp³-hybridized carbons (Fsp3) is 0.889. The Kier molecular flexibility index (Phi) is 3.39. The van der Waals surface area contributed by atoms with E-state index in [0.29, 0.717) is 19.3 Å². The van der Waals surface area contributed by atoms with Gasteiger partial charge in [0.2, 0.25) is 0 Å². The van der Waals surface area contributed by atoms with E-state index < -0.39 is 12.1 Å². The number of alkyl halides is 3. The first-order valence-electron chi connectivity index (χ1n) is 4.84. The van der Waals surface area contributed by atoms with E-state index in [0.717, 1.165) is 11.3 Å². The maximum absolute atomic E-state index is 12.2. The van der Waals surface area contributed by atoms with Gasteiger partial charge in [-0.15, -0.1) is 0 Å². The normalized spacial score (nSPS) is 23.7. The third-order valence-corrected chi connectivity index (χ3v) is 2.60. The fourth-order valence-corrected chi connectivity index (χ4v) is 1.86. The highest BCUT2D eigenvalue weighted by Crippen LogP contribution is 2.26. The summed E-state index contributed by atoms with van der Waals surface area (Å²) in [5, 5.41) is 0. The summed E-state index contributed by atoms with van der Waals surface area (Å²) in [7, 11) is 0. The first kappa shape index (κ1) is 11.3. The summed E-state index contributed by atoms with van der Waals surface area (Å²) in [4.78, 5) is 12.0. The maximum atomic E-state index is 12.2. The Morgan fingerprint density at radius 2 is 2.07 bits per heavy atom. The minimum atomic E-state index is -4.72. The van der Waals surface area contributed by atoms with Gasteiger partial charge in [-0.2, -0.15) is 13.2 Å². The quantitative estimate of drug-likeness (QED) is 0.649. The molecule has 14 heavy (non-hydrogen) atoms. The summed E-state index contributed by atoms with van der Waals surface area (Å²) < 4.78 is 36.5. The Hall–Kier alpha value is -0.740. The first-order chi connectivity index (χ1) is 6.46. The van der Waals surface area contributed by atoms with Crippen LogP contribution in [-0.2, 0) is 4.79 Å². The Bertz CT molecular complexity index is 215. The largest absolute Gasteiger partial charge is 0.471 e. The molecule has 5 heteroatoms. The topological polar surface area (TPSA) is 20.3 Å². The van der Waals surface area contributed by atoms with Crippen molar-refractivity contribution in [3.8, 4) is 0 Å². The molecule has 1 rings (SSSR count). The summed E-state index contributed by atoms with van der Waals surface area (Å²) in [6.45, 7) is 2.06. The van der Waals surface area contributed by atoms with Gasteiger partial charge in [-0.25, -0.2) is 0 Å². The van der Waals surface area contributed by atoms with Crippen molar-refractivity contribution in [2.24, 2.45) is 0 Å². The lowest BCUT2D eigenvalue weighted by atomic mass is 10.00. The highest BCUT2D eigenvalue weighted by atomic mass is 19.4. The van der Waals surface area contributed by atoms with Gasteiger partial charge in [0.1, 0.15) is 0 Å². The van der Waals surface area contributed by atoms with E-state index in [1.807, 2.05) is 6.92 Å². The molecule has 1 saturated heterocycles. The highest BCUT2D eigenvalue weighted by molar-refractivity contribution is 5.82. The van der Waals surface area contributed by atoms with Crippen LogP contribution in [0.25, 0.3) is 0 Å². The molecule has 0 aromatic carbocycles. The van der Waals surface area contributed by atoms with Crippen LogP contribution in [0.15, 0.2) is 0 Å². The molecule has 1 heterocycles. The number of halogens is 3. The molecule has 0 bridgehead atoms. The van der Waals surface area contributed by atoms with E-state index in [9.17, 15) is 18.0 Å². The predicted molar refractivity (Wildman–Crippen MR) is 45.7 cm³/mol. The summed E-state index contributed by atoms with van der Waals surface area (Å²) in [6.07, 6.45) is -1.83. The number of hydrogen-bond donors (Lipinski definition) is 0. The van der Waals surface area contributed by atoms with E-state index in [4.69, 9.17) is 0 Å². The molecule has 1 aliphatic rings. The van der Waals surface area contributed by atoms with Crippen molar-refractivity contribution in [1.82, 2.24) is 4.90 Å². The highest BCUT2D eigenvalue weighted by Gasteiger charge is 2.44. The molecule has 0 N–H and O–H groups in total. The molecule has 0 spiro atoms. The maximum Gasteiger partial charge on any atom is 0.471 e. The van der Waals surface area contributed by atoms with Gasteiger partial charge < -0.3 is 4.90 Å². The van der Waals surface area contributed by atoms with E-state index in [1.165, 1.54) is 0 Å². The molecule has 0 radical (unpaired) electrons. The van der Waals surface area contributed by atoms with Crippen LogP contribution >= 0.6 is 0 Å². The lowest BCUT2D eigenvalue weighted by Gasteiger charge is -2.35. The van der Waals surface area contributed by atoms with Crippen LogP contribution in [0.2, 0.25) is 0 Å². The second-order valence-corrected chi connectivity index (χ2v) is 3.55. The number of nitrogens with zero attached hydrogens (tertiary/aromatic N) is 1. The zero-order chi connectivity index (χ0) is 10.8. The molecule has 1 fully saturated rings. The monoisotopic (exact) mass is 209 g/mol. The van der Waals surface area contributed by atoms with Gasteiger partial charge in [0.25, 0.3) is 0 Å². The van der Waals surface area contributed by atoms with Crippen molar-refractivity contribution >= 4 is 5.91 Å². The van der Waals surface area contributed by atoms with Crippen LogP contribution in [0, 0.1) is 0 Å². The molecule has 1 amide bonds. The van der Waals surface area contributed by atoms with Crippen LogP contribution in [0.5, 0.6) is 0 Å². The molecule has 0 aromatic heterocycles. The number of amides is 1. The molecular formula is C9H14F3NO. The second kappa shape index (κ2) is 4.19. The minimum Gasteiger partial charge on any atom is -0.332 e. The van der Waals surface area contributed by atoms with Crippen molar-refractivity contribution in [1.29, 1.82) is 0 Å². The summed E-state index contributed by atoms with van der Waals surface area (Å²) >= 11 is 0. The van der Waals surface area contributed by atoms with Gasteiger partial charge in [-0.3, -0.25) is 4.79 Å². The number of carbonyl (C=O) groups excluding carboxylic acids is 1. The number of likely N-dealkylation sites (tertiary alicyclic amines) is 1. The van der Waals surface area contributed by atoms with Crippen LogP contribution < -0.4 is 0 Å².